The van der Waals surface area contributed by atoms with Gasteiger partial charge in [0.05, 0.1) is 11.5 Å². The largest absolute Gasteiger partial charge is 0.416 e. The van der Waals surface area contributed by atoms with Crippen molar-refractivity contribution < 1.29 is 27.6 Å². The molecule has 0 radical (unpaired) electrons. The summed E-state index contributed by atoms with van der Waals surface area (Å²) >= 11 is 0. The Morgan fingerprint density at radius 1 is 0.912 bits per heavy atom. The van der Waals surface area contributed by atoms with E-state index in [1.54, 1.807) is 9.80 Å². The summed E-state index contributed by atoms with van der Waals surface area (Å²) in [6.45, 7) is 1.99. The summed E-state index contributed by atoms with van der Waals surface area (Å²) in [7, 11) is 0. The molecule has 34 heavy (non-hydrogen) atoms. The molecule has 1 unspecified atom stereocenters. The van der Waals surface area contributed by atoms with Crippen LogP contribution in [0.3, 0.4) is 0 Å². The van der Waals surface area contributed by atoms with Gasteiger partial charge in [-0.1, -0.05) is 36.4 Å². The predicted molar refractivity (Wildman–Crippen MR) is 119 cm³/mol. The average molecular weight is 473 g/mol. The molecule has 6 nitrogen and oxygen atoms in total. The first-order chi connectivity index (χ1) is 16.2. The smallest absolute Gasteiger partial charge is 0.342 e. The molecule has 0 aliphatic carbocycles. The van der Waals surface area contributed by atoms with Gasteiger partial charge in [0.25, 0.3) is 5.91 Å². The van der Waals surface area contributed by atoms with E-state index in [1.165, 1.54) is 17.0 Å². The fourth-order valence-electron chi connectivity index (χ4n) is 4.46. The number of hydrogen-bond donors (Lipinski definition) is 0. The predicted octanol–water partition coefficient (Wildman–Crippen LogP) is 3.08. The Morgan fingerprint density at radius 2 is 1.59 bits per heavy atom. The fourth-order valence-corrected chi connectivity index (χ4v) is 4.46. The lowest BCUT2D eigenvalue weighted by molar-refractivity contribution is -0.138. The first kappa shape index (κ1) is 23.8. The lowest BCUT2D eigenvalue weighted by Gasteiger charge is -2.36. The highest BCUT2D eigenvalue weighted by molar-refractivity contribution is 5.95. The van der Waals surface area contributed by atoms with Crippen LogP contribution in [0, 0.1) is 5.92 Å². The average Bonchev–Trinajstić information content (AvgIpc) is 3.22. The molecule has 0 aromatic heterocycles. The molecule has 2 aromatic carbocycles. The summed E-state index contributed by atoms with van der Waals surface area (Å²) in [5, 5.41) is 0. The summed E-state index contributed by atoms with van der Waals surface area (Å²) in [4.78, 5) is 42.9. The first-order valence-electron chi connectivity index (χ1n) is 11.3. The second-order valence-corrected chi connectivity index (χ2v) is 8.67. The van der Waals surface area contributed by atoms with Gasteiger partial charge in [0, 0.05) is 51.3 Å². The van der Waals surface area contributed by atoms with Crippen LogP contribution in [0.5, 0.6) is 0 Å². The van der Waals surface area contributed by atoms with Crippen molar-refractivity contribution in [2.45, 2.75) is 19.0 Å². The number of halogens is 3. The zero-order valence-corrected chi connectivity index (χ0v) is 18.6. The van der Waals surface area contributed by atoms with Crippen LogP contribution in [0.4, 0.5) is 13.2 Å². The monoisotopic (exact) mass is 473 g/mol. The molecule has 2 aliphatic heterocycles. The van der Waals surface area contributed by atoms with Crippen LogP contribution in [0.25, 0.3) is 0 Å². The highest BCUT2D eigenvalue weighted by Crippen LogP contribution is 2.30. The molecule has 4 rings (SSSR count). The van der Waals surface area contributed by atoms with E-state index in [-0.39, 0.29) is 50.0 Å². The number of piperazine rings is 1. The third-order valence-electron chi connectivity index (χ3n) is 6.39. The van der Waals surface area contributed by atoms with Gasteiger partial charge in [-0.3, -0.25) is 14.4 Å². The van der Waals surface area contributed by atoms with Gasteiger partial charge >= 0.3 is 6.18 Å². The summed E-state index contributed by atoms with van der Waals surface area (Å²) in [5.41, 5.74) is 0.242. The number of nitrogens with zero attached hydrogens (tertiary/aromatic N) is 3. The van der Waals surface area contributed by atoms with Gasteiger partial charge in [0.1, 0.15) is 0 Å². The molecule has 1 atom stereocenters. The molecular weight excluding hydrogens is 447 g/mol. The van der Waals surface area contributed by atoms with E-state index in [0.29, 0.717) is 13.1 Å². The van der Waals surface area contributed by atoms with Crippen LogP contribution < -0.4 is 0 Å². The molecule has 2 aliphatic rings. The van der Waals surface area contributed by atoms with Crippen LogP contribution in [0.1, 0.15) is 27.9 Å². The second-order valence-electron chi connectivity index (χ2n) is 8.67. The minimum atomic E-state index is -4.52. The molecule has 3 amide bonds. The third kappa shape index (κ3) is 5.40. The molecule has 0 saturated carbocycles. The van der Waals surface area contributed by atoms with Crippen molar-refractivity contribution in [1.29, 1.82) is 0 Å². The van der Waals surface area contributed by atoms with Crippen LogP contribution in [-0.2, 0) is 22.2 Å². The highest BCUT2D eigenvalue weighted by Gasteiger charge is 2.37. The molecule has 180 valence electrons. The lowest BCUT2D eigenvalue weighted by atomic mass is 10.1. The quantitative estimate of drug-likeness (QED) is 0.671. The van der Waals surface area contributed by atoms with Crippen molar-refractivity contribution in [2.75, 3.05) is 39.3 Å². The Morgan fingerprint density at radius 3 is 2.26 bits per heavy atom. The van der Waals surface area contributed by atoms with E-state index in [0.717, 1.165) is 24.1 Å². The maximum Gasteiger partial charge on any atom is 0.416 e. The van der Waals surface area contributed by atoms with Gasteiger partial charge in [-0.2, -0.15) is 13.2 Å². The molecule has 2 heterocycles. The third-order valence-corrected chi connectivity index (χ3v) is 6.39. The summed E-state index contributed by atoms with van der Waals surface area (Å²) < 4.78 is 38.9. The van der Waals surface area contributed by atoms with Crippen molar-refractivity contribution in [3.8, 4) is 0 Å². The van der Waals surface area contributed by atoms with Crippen molar-refractivity contribution in [3.63, 3.8) is 0 Å². The number of benzene rings is 2. The van der Waals surface area contributed by atoms with Crippen molar-refractivity contribution >= 4 is 17.7 Å². The number of rotatable bonds is 5. The number of carbonyl (C=O) groups excluding carboxylic acids is 3. The van der Waals surface area contributed by atoms with E-state index >= 15 is 0 Å². The van der Waals surface area contributed by atoms with E-state index < -0.39 is 23.6 Å². The van der Waals surface area contributed by atoms with E-state index in [1.807, 2.05) is 30.3 Å². The number of hydrogen-bond acceptors (Lipinski definition) is 3. The van der Waals surface area contributed by atoms with Crippen molar-refractivity contribution in [3.05, 3.63) is 71.3 Å². The van der Waals surface area contributed by atoms with Crippen LogP contribution in [0.2, 0.25) is 0 Å². The van der Waals surface area contributed by atoms with Crippen LogP contribution >= 0.6 is 0 Å². The normalized spacial score (nSPS) is 19.0. The Labute approximate surface area is 195 Å². The highest BCUT2D eigenvalue weighted by atomic mass is 19.4. The van der Waals surface area contributed by atoms with E-state index in [9.17, 15) is 27.6 Å². The minimum absolute atomic E-state index is 0.0231. The zero-order chi connectivity index (χ0) is 24.3. The number of alkyl halides is 3. The number of carbonyl (C=O) groups is 3. The molecular formula is C25H26F3N3O3. The van der Waals surface area contributed by atoms with Gasteiger partial charge in [0.15, 0.2) is 0 Å². The van der Waals surface area contributed by atoms with Crippen molar-refractivity contribution in [1.82, 2.24) is 14.7 Å². The summed E-state index contributed by atoms with van der Waals surface area (Å²) in [6.07, 6.45) is -3.62. The molecule has 2 aromatic rings. The van der Waals surface area contributed by atoms with Gasteiger partial charge < -0.3 is 14.7 Å². The van der Waals surface area contributed by atoms with Crippen molar-refractivity contribution in [2.24, 2.45) is 5.92 Å². The van der Waals surface area contributed by atoms with Crippen LogP contribution in [0.15, 0.2) is 54.6 Å². The number of likely N-dealkylation sites (tertiary alicyclic amines) is 1. The molecule has 2 fully saturated rings. The lowest BCUT2D eigenvalue weighted by Crippen LogP contribution is -2.52. The Kier molecular flexibility index (Phi) is 6.90. The van der Waals surface area contributed by atoms with E-state index in [2.05, 4.69) is 0 Å². The first-order valence-corrected chi connectivity index (χ1v) is 11.3. The van der Waals surface area contributed by atoms with E-state index in [4.69, 9.17) is 0 Å². The second kappa shape index (κ2) is 9.87. The Hall–Kier alpha value is -3.36. The topological polar surface area (TPSA) is 60.9 Å². The maximum absolute atomic E-state index is 13.0. The van der Waals surface area contributed by atoms with Gasteiger partial charge in [0.2, 0.25) is 11.8 Å². The van der Waals surface area contributed by atoms with Gasteiger partial charge in [-0.25, -0.2) is 0 Å². The molecule has 0 spiro atoms. The number of amides is 3. The van der Waals surface area contributed by atoms with Gasteiger partial charge in [-0.05, 0) is 30.2 Å². The standard InChI is InChI=1S/C25H26F3N3O3/c26-25(27,28)21-8-4-7-19(15-21)23(33)29-11-13-30(14-12-29)24(34)20-16-22(32)31(17-20)10-9-18-5-2-1-3-6-18/h1-8,15,20H,9-14,16-17H2. The molecule has 9 heteroatoms. The maximum atomic E-state index is 13.0. The van der Waals surface area contributed by atoms with Crippen LogP contribution in [-0.4, -0.2) is 71.7 Å². The SMILES string of the molecule is O=C1CC(C(=O)N2CCN(C(=O)c3cccc(C(F)(F)F)c3)CC2)CN1CCc1ccccc1. The van der Waals surface area contributed by atoms with Gasteiger partial charge in [-0.15, -0.1) is 0 Å². The zero-order valence-electron chi connectivity index (χ0n) is 18.6. The Balaban J connectivity index is 1.29. The Bertz CT molecular complexity index is 1050. The molecule has 0 bridgehead atoms. The summed E-state index contributed by atoms with van der Waals surface area (Å²) in [5.74, 6) is -1.04. The minimum Gasteiger partial charge on any atom is -0.342 e. The summed E-state index contributed by atoms with van der Waals surface area (Å²) in [6, 6.07) is 14.2. The molecule has 0 N–H and O–H groups in total. The fraction of sp³-hybridized carbons (Fsp3) is 0.400. The molecule has 2 saturated heterocycles.